The van der Waals surface area contributed by atoms with Crippen molar-refractivity contribution in [1.29, 1.82) is 0 Å². The van der Waals surface area contributed by atoms with Crippen molar-refractivity contribution in [2.45, 2.75) is 38.9 Å². The Morgan fingerprint density at radius 3 is 2.44 bits per heavy atom. The van der Waals surface area contributed by atoms with Crippen molar-refractivity contribution in [3.63, 3.8) is 0 Å². The smallest absolute Gasteiger partial charge is 0.357 e. The summed E-state index contributed by atoms with van der Waals surface area (Å²) in [6.07, 6.45) is -2.09. The molecule has 5 nitrogen and oxygen atoms in total. The van der Waals surface area contributed by atoms with Crippen LogP contribution in [0.25, 0.3) is 0 Å². The number of alkyl halides is 3. The molecule has 2 heterocycles. The molecule has 3 rings (SSSR count). The Hall–Kier alpha value is -2.64. The van der Waals surface area contributed by atoms with E-state index in [1.807, 2.05) is 13.0 Å². The SMILES string of the molecule is Cc1cc(N2CCCC2)nc(CNC(=O)Cc2ccc(C(F)(F)F)cc2)n1. The molecule has 2 aromatic rings. The molecule has 0 unspecified atom stereocenters. The number of rotatable bonds is 5. The molecule has 1 saturated heterocycles. The number of amides is 1. The second kappa shape index (κ2) is 7.94. The zero-order valence-corrected chi connectivity index (χ0v) is 15.0. The van der Waals surface area contributed by atoms with Crippen LogP contribution in [-0.2, 0) is 23.9 Å². The minimum atomic E-state index is -4.38. The Kier molecular flexibility index (Phi) is 5.62. The maximum absolute atomic E-state index is 12.6. The van der Waals surface area contributed by atoms with Crippen molar-refractivity contribution in [3.05, 3.63) is 53.0 Å². The van der Waals surface area contributed by atoms with E-state index in [0.29, 0.717) is 11.4 Å². The number of benzene rings is 1. The summed E-state index contributed by atoms with van der Waals surface area (Å²) in [4.78, 5) is 23.1. The number of halogens is 3. The molecule has 1 aromatic carbocycles. The van der Waals surface area contributed by atoms with E-state index >= 15 is 0 Å². The predicted molar refractivity (Wildman–Crippen MR) is 95.2 cm³/mol. The van der Waals surface area contributed by atoms with Crippen LogP contribution in [0.1, 0.15) is 35.5 Å². The van der Waals surface area contributed by atoms with Gasteiger partial charge >= 0.3 is 6.18 Å². The van der Waals surface area contributed by atoms with Crippen molar-refractivity contribution >= 4 is 11.7 Å². The molecule has 144 valence electrons. The number of aryl methyl sites for hydroxylation is 1. The summed E-state index contributed by atoms with van der Waals surface area (Å²) in [6.45, 7) is 4.00. The fraction of sp³-hybridized carbons (Fsp3) is 0.421. The number of anilines is 1. The second-order valence-corrected chi connectivity index (χ2v) is 6.63. The van der Waals surface area contributed by atoms with Gasteiger partial charge < -0.3 is 10.2 Å². The quantitative estimate of drug-likeness (QED) is 0.868. The third-order valence-electron chi connectivity index (χ3n) is 4.41. The van der Waals surface area contributed by atoms with Crippen LogP contribution in [0.2, 0.25) is 0 Å². The standard InChI is InChI=1S/C19H21F3N4O/c1-13-10-17(26-8-2-3-9-26)25-16(24-13)12-23-18(27)11-14-4-6-15(7-5-14)19(20,21)22/h4-7,10H,2-3,8-9,11-12H2,1H3,(H,23,27). The van der Waals surface area contributed by atoms with Crippen LogP contribution in [0, 0.1) is 6.92 Å². The van der Waals surface area contributed by atoms with E-state index in [0.717, 1.165) is 49.6 Å². The maximum Gasteiger partial charge on any atom is 0.416 e. The van der Waals surface area contributed by atoms with E-state index in [2.05, 4.69) is 20.2 Å². The van der Waals surface area contributed by atoms with Crippen LogP contribution >= 0.6 is 0 Å². The van der Waals surface area contributed by atoms with Gasteiger partial charge in [-0.2, -0.15) is 13.2 Å². The Balaban J connectivity index is 1.57. The fourth-order valence-corrected chi connectivity index (χ4v) is 3.04. The first-order valence-corrected chi connectivity index (χ1v) is 8.83. The molecule has 0 spiro atoms. The van der Waals surface area contributed by atoms with E-state index in [1.54, 1.807) is 0 Å². The lowest BCUT2D eigenvalue weighted by Gasteiger charge is -2.17. The molecule has 1 aliphatic rings. The van der Waals surface area contributed by atoms with Crippen LogP contribution in [0.15, 0.2) is 30.3 Å². The third-order valence-corrected chi connectivity index (χ3v) is 4.41. The van der Waals surface area contributed by atoms with E-state index in [9.17, 15) is 18.0 Å². The second-order valence-electron chi connectivity index (χ2n) is 6.63. The van der Waals surface area contributed by atoms with Crippen LogP contribution in [0.3, 0.4) is 0 Å². The third kappa shape index (κ3) is 5.18. The highest BCUT2D eigenvalue weighted by Crippen LogP contribution is 2.29. The first-order valence-electron chi connectivity index (χ1n) is 8.83. The summed E-state index contributed by atoms with van der Waals surface area (Å²) in [7, 11) is 0. The molecule has 0 aliphatic carbocycles. The van der Waals surface area contributed by atoms with Crippen LogP contribution in [0.4, 0.5) is 19.0 Å². The lowest BCUT2D eigenvalue weighted by Crippen LogP contribution is -2.26. The number of hydrogen-bond acceptors (Lipinski definition) is 4. The predicted octanol–water partition coefficient (Wildman–Crippen LogP) is 3.26. The number of hydrogen-bond donors (Lipinski definition) is 1. The Morgan fingerprint density at radius 2 is 1.81 bits per heavy atom. The largest absolute Gasteiger partial charge is 0.416 e. The minimum absolute atomic E-state index is 0.00291. The van der Waals surface area contributed by atoms with Gasteiger partial charge in [-0.05, 0) is 37.5 Å². The molecule has 1 amide bonds. The minimum Gasteiger partial charge on any atom is -0.357 e. The number of carbonyl (C=O) groups is 1. The lowest BCUT2D eigenvalue weighted by molar-refractivity contribution is -0.137. The molecular formula is C19H21F3N4O. The van der Waals surface area contributed by atoms with E-state index < -0.39 is 11.7 Å². The van der Waals surface area contributed by atoms with Gasteiger partial charge in [-0.15, -0.1) is 0 Å². The van der Waals surface area contributed by atoms with E-state index in [4.69, 9.17) is 0 Å². The summed E-state index contributed by atoms with van der Waals surface area (Å²) in [5.41, 5.74) is 0.622. The number of nitrogens with one attached hydrogen (secondary N) is 1. The normalized spacial score (nSPS) is 14.4. The molecule has 1 N–H and O–H groups in total. The first kappa shape index (κ1) is 19.1. The number of aromatic nitrogens is 2. The number of nitrogens with zero attached hydrogens (tertiary/aromatic N) is 3. The van der Waals surface area contributed by atoms with Gasteiger partial charge in [0.25, 0.3) is 0 Å². The summed E-state index contributed by atoms with van der Waals surface area (Å²) in [5, 5.41) is 2.73. The topological polar surface area (TPSA) is 58.1 Å². The monoisotopic (exact) mass is 378 g/mol. The van der Waals surface area contributed by atoms with Crippen LogP contribution in [-0.4, -0.2) is 29.0 Å². The van der Waals surface area contributed by atoms with Crippen LogP contribution < -0.4 is 10.2 Å². The summed E-state index contributed by atoms with van der Waals surface area (Å²) in [5.74, 6) is 1.10. The summed E-state index contributed by atoms with van der Waals surface area (Å²) < 4.78 is 37.7. The average Bonchev–Trinajstić information content (AvgIpc) is 3.14. The van der Waals surface area contributed by atoms with Gasteiger partial charge in [0.1, 0.15) is 11.6 Å². The Morgan fingerprint density at radius 1 is 1.15 bits per heavy atom. The van der Waals surface area contributed by atoms with Gasteiger partial charge in [-0.1, -0.05) is 12.1 Å². The highest BCUT2D eigenvalue weighted by Gasteiger charge is 2.29. The van der Waals surface area contributed by atoms with Crippen molar-refractivity contribution < 1.29 is 18.0 Å². The number of carbonyl (C=O) groups excluding carboxylic acids is 1. The molecule has 0 bridgehead atoms. The molecule has 0 radical (unpaired) electrons. The molecule has 27 heavy (non-hydrogen) atoms. The van der Waals surface area contributed by atoms with Gasteiger partial charge in [0.2, 0.25) is 5.91 Å². The van der Waals surface area contributed by atoms with E-state index in [1.165, 1.54) is 12.1 Å². The Bertz CT molecular complexity index is 800. The zero-order valence-electron chi connectivity index (χ0n) is 15.0. The van der Waals surface area contributed by atoms with Crippen LogP contribution in [0.5, 0.6) is 0 Å². The van der Waals surface area contributed by atoms with Gasteiger partial charge in [0, 0.05) is 24.8 Å². The first-order chi connectivity index (χ1) is 12.8. The fourth-order valence-electron chi connectivity index (χ4n) is 3.04. The molecule has 0 saturated carbocycles. The molecule has 1 fully saturated rings. The van der Waals surface area contributed by atoms with Gasteiger partial charge in [-0.3, -0.25) is 4.79 Å². The molecule has 1 aliphatic heterocycles. The van der Waals surface area contributed by atoms with Crippen molar-refractivity contribution in [1.82, 2.24) is 15.3 Å². The van der Waals surface area contributed by atoms with Gasteiger partial charge in [0.05, 0.1) is 18.5 Å². The van der Waals surface area contributed by atoms with Crippen molar-refractivity contribution in [2.75, 3.05) is 18.0 Å². The Labute approximate surface area is 155 Å². The molecular weight excluding hydrogens is 357 g/mol. The summed E-state index contributed by atoms with van der Waals surface area (Å²) in [6, 6.07) is 6.52. The zero-order chi connectivity index (χ0) is 19.4. The van der Waals surface area contributed by atoms with Gasteiger partial charge in [-0.25, -0.2) is 9.97 Å². The van der Waals surface area contributed by atoms with Gasteiger partial charge in [0.15, 0.2) is 0 Å². The van der Waals surface area contributed by atoms with E-state index in [-0.39, 0.29) is 18.9 Å². The lowest BCUT2D eigenvalue weighted by atomic mass is 10.1. The summed E-state index contributed by atoms with van der Waals surface area (Å²) >= 11 is 0. The van der Waals surface area contributed by atoms with Crippen molar-refractivity contribution in [3.8, 4) is 0 Å². The maximum atomic E-state index is 12.6. The van der Waals surface area contributed by atoms with Crippen molar-refractivity contribution in [2.24, 2.45) is 0 Å². The highest BCUT2D eigenvalue weighted by molar-refractivity contribution is 5.78. The molecule has 1 aromatic heterocycles. The molecule has 8 heteroatoms. The highest BCUT2D eigenvalue weighted by atomic mass is 19.4. The molecule has 0 atom stereocenters. The average molecular weight is 378 g/mol.